The van der Waals surface area contributed by atoms with Crippen molar-refractivity contribution in [2.45, 2.75) is 36.2 Å². The summed E-state index contributed by atoms with van der Waals surface area (Å²) in [5.74, 6) is -1.06. The molecular formula is C23H26N4O5S. The van der Waals surface area contributed by atoms with Gasteiger partial charge in [0.2, 0.25) is 21.8 Å². The molecule has 0 spiro atoms. The van der Waals surface area contributed by atoms with Gasteiger partial charge in [0.15, 0.2) is 0 Å². The van der Waals surface area contributed by atoms with E-state index >= 15 is 0 Å². The molecule has 1 aliphatic carbocycles. The molecule has 2 aromatic carbocycles. The second-order valence-corrected chi connectivity index (χ2v) is 10.1. The van der Waals surface area contributed by atoms with E-state index in [1.54, 1.807) is 0 Å². The van der Waals surface area contributed by atoms with Crippen molar-refractivity contribution in [2.24, 2.45) is 0 Å². The van der Waals surface area contributed by atoms with Crippen LogP contribution in [0.2, 0.25) is 0 Å². The Labute approximate surface area is 192 Å². The van der Waals surface area contributed by atoms with Crippen LogP contribution in [0.4, 0.5) is 0 Å². The molecule has 0 bridgehead atoms. The van der Waals surface area contributed by atoms with E-state index in [4.69, 9.17) is 0 Å². The summed E-state index contributed by atoms with van der Waals surface area (Å²) < 4.78 is 26.7. The molecule has 10 heteroatoms. The maximum Gasteiger partial charge on any atom is 0.251 e. The van der Waals surface area contributed by atoms with Crippen LogP contribution in [0.15, 0.2) is 59.5 Å². The van der Waals surface area contributed by atoms with Gasteiger partial charge in [0.05, 0.1) is 11.4 Å². The molecule has 3 N–H and O–H groups in total. The van der Waals surface area contributed by atoms with Crippen LogP contribution in [0, 0.1) is 0 Å². The normalized spacial score (nSPS) is 17.6. The molecule has 2 aromatic rings. The quantitative estimate of drug-likeness (QED) is 0.516. The van der Waals surface area contributed by atoms with Gasteiger partial charge in [0.25, 0.3) is 5.91 Å². The number of nitrogens with zero attached hydrogens (tertiary/aromatic N) is 1. The largest absolute Gasteiger partial charge is 0.354 e. The van der Waals surface area contributed by atoms with Crippen LogP contribution >= 0.6 is 0 Å². The molecular weight excluding hydrogens is 444 g/mol. The highest BCUT2D eigenvalue weighted by atomic mass is 32.2. The predicted molar refractivity (Wildman–Crippen MR) is 121 cm³/mol. The van der Waals surface area contributed by atoms with Crippen molar-refractivity contribution in [1.82, 2.24) is 20.3 Å². The van der Waals surface area contributed by atoms with Crippen molar-refractivity contribution in [3.63, 3.8) is 0 Å². The highest BCUT2D eigenvalue weighted by molar-refractivity contribution is 7.89. The summed E-state index contributed by atoms with van der Waals surface area (Å²) in [5.41, 5.74) is 1.16. The van der Waals surface area contributed by atoms with Crippen LogP contribution in [0.3, 0.4) is 0 Å². The summed E-state index contributed by atoms with van der Waals surface area (Å²) in [4.78, 5) is 37.1. The van der Waals surface area contributed by atoms with Crippen LogP contribution < -0.4 is 16.0 Å². The fourth-order valence-corrected chi connectivity index (χ4v) is 4.97. The minimum Gasteiger partial charge on any atom is -0.354 e. The van der Waals surface area contributed by atoms with Crippen molar-refractivity contribution in [1.29, 1.82) is 0 Å². The van der Waals surface area contributed by atoms with Gasteiger partial charge < -0.3 is 16.0 Å². The maximum absolute atomic E-state index is 12.9. The molecule has 3 amide bonds. The standard InChI is InChI=1S/C23H26N4O5S/c28-21-15-27(13-12-24-21)33(31,32)19-10-6-17(7-11-19)22(29)26-20(23(30)25-18-8-9-18)14-16-4-2-1-3-5-16/h1-7,10-11,18,20H,8-9,12-15H2,(H,24,28)(H,25,30)(H,26,29). The molecule has 1 atom stereocenters. The number of rotatable bonds is 8. The number of nitrogens with one attached hydrogen (secondary N) is 3. The number of hydrogen-bond donors (Lipinski definition) is 3. The van der Waals surface area contributed by atoms with Crippen LogP contribution in [-0.2, 0) is 26.0 Å². The summed E-state index contributed by atoms with van der Waals surface area (Å²) in [6.45, 7) is 0.208. The zero-order valence-corrected chi connectivity index (χ0v) is 18.8. The first kappa shape index (κ1) is 22.9. The van der Waals surface area contributed by atoms with Gasteiger partial charge in [-0.25, -0.2) is 8.42 Å². The number of carbonyl (C=O) groups is 3. The van der Waals surface area contributed by atoms with E-state index in [2.05, 4.69) is 16.0 Å². The van der Waals surface area contributed by atoms with Crippen LogP contribution in [-0.4, -0.2) is 62.2 Å². The van der Waals surface area contributed by atoms with Crippen LogP contribution in [0.5, 0.6) is 0 Å². The smallest absolute Gasteiger partial charge is 0.251 e. The highest BCUT2D eigenvalue weighted by Gasteiger charge is 2.30. The van der Waals surface area contributed by atoms with E-state index in [1.807, 2.05) is 30.3 Å². The first-order valence-corrected chi connectivity index (χ1v) is 12.3. The fraction of sp³-hybridized carbons (Fsp3) is 0.348. The van der Waals surface area contributed by atoms with Crippen molar-refractivity contribution >= 4 is 27.7 Å². The number of sulfonamides is 1. The first-order chi connectivity index (χ1) is 15.8. The van der Waals surface area contributed by atoms with E-state index in [0.29, 0.717) is 6.42 Å². The fourth-order valence-electron chi connectivity index (χ4n) is 3.58. The molecule has 1 unspecified atom stereocenters. The Hall–Kier alpha value is -3.24. The molecule has 1 aliphatic heterocycles. The summed E-state index contributed by atoms with van der Waals surface area (Å²) in [7, 11) is -3.84. The predicted octanol–water partition coefficient (Wildman–Crippen LogP) is 0.427. The number of piperazine rings is 1. The van der Waals surface area contributed by atoms with E-state index in [1.165, 1.54) is 24.3 Å². The molecule has 33 heavy (non-hydrogen) atoms. The molecule has 174 valence electrons. The first-order valence-electron chi connectivity index (χ1n) is 10.8. The zero-order valence-electron chi connectivity index (χ0n) is 18.0. The second kappa shape index (κ2) is 9.72. The number of hydrogen-bond acceptors (Lipinski definition) is 5. The molecule has 2 aliphatic rings. The monoisotopic (exact) mass is 470 g/mol. The van der Waals surface area contributed by atoms with Crippen molar-refractivity contribution in [3.8, 4) is 0 Å². The number of benzene rings is 2. The molecule has 1 saturated heterocycles. The van der Waals surface area contributed by atoms with Crippen molar-refractivity contribution < 1.29 is 22.8 Å². The van der Waals surface area contributed by atoms with E-state index < -0.39 is 22.0 Å². The highest BCUT2D eigenvalue weighted by Crippen LogP contribution is 2.20. The Bertz CT molecular complexity index is 1130. The molecule has 9 nitrogen and oxygen atoms in total. The van der Waals surface area contributed by atoms with Crippen LogP contribution in [0.25, 0.3) is 0 Å². The topological polar surface area (TPSA) is 125 Å². The molecule has 1 saturated carbocycles. The lowest BCUT2D eigenvalue weighted by molar-refractivity contribution is -0.123. The molecule has 4 rings (SSSR count). The summed E-state index contributed by atoms with van der Waals surface area (Å²) in [6.07, 6.45) is 2.22. The third kappa shape index (κ3) is 5.77. The third-order valence-electron chi connectivity index (χ3n) is 5.59. The molecule has 2 fully saturated rings. The summed E-state index contributed by atoms with van der Waals surface area (Å²) in [5, 5.41) is 8.30. The van der Waals surface area contributed by atoms with Gasteiger partial charge in [-0.3, -0.25) is 14.4 Å². The average Bonchev–Trinajstić information content (AvgIpc) is 3.63. The number of amides is 3. The average molecular weight is 471 g/mol. The molecule has 0 aromatic heterocycles. The maximum atomic E-state index is 12.9. The lowest BCUT2D eigenvalue weighted by atomic mass is 10.0. The van der Waals surface area contributed by atoms with Gasteiger partial charge in [0, 0.05) is 31.1 Å². The summed E-state index contributed by atoms with van der Waals surface area (Å²) >= 11 is 0. The Balaban J connectivity index is 1.46. The minimum atomic E-state index is -3.84. The van der Waals surface area contributed by atoms with Crippen molar-refractivity contribution in [2.75, 3.05) is 19.6 Å². The third-order valence-corrected chi connectivity index (χ3v) is 7.45. The van der Waals surface area contributed by atoms with Gasteiger partial charge in [-0.1, -0.05) is 30.3 Å². The van der Waals surface area contributed by atoms with E-state index in [-0.39, 0.29) is 47.9 Å². The lowest BCUT2D eigenvalue weighted by Crippen LogP contribution is -2.49. The second-order valence-electron chi connectivity index (χ2n) is 8.21. The lowest BCUT2D eigenvalue weighted by Gasteiger charge is -2.26. The Kier molecular flexibility index (Phi) is 6.75. The molecule has 1 heterocycles. The minimum absolute atomic E-state index is 0.000983. The van der Waals surface area contributed by atoms with Crippen molar-refractivity contribution in [3.05, 3.63) is 65.7 Å². The van der Waals surface area contributed by atoms with Gasteiger partial charge >= 0.3 is 0 Å². The zero-order chi connectivity index (χ0) is 23.4. The van der Waals surface area contributed by atoms with Gasteiger partial charge in [-0.05, 0) is 42.7 Å². The Morgan fingerprint density at radius 2 is 1.76 bits per heavy atom. The Morgan fingerprint density at radius 1 is 1.06 bits per heavy atom. The SMILES string of the molecule is O=C1CN(S(=O)(=O)c2ccc(C(=O)NC(Cc3ccccc3)C(=O)NC3CC3)cc2)CCN1. The van der Waals surface area contributed by atoms with Gasteiger partial charge in [-0.15, -0.1) is 0 Å². The Morgan fingerprint density at radius 3 is 2.39 bits per heavy atom. The van der Waals surface area contributed by atoms with E-state index in [9.17, 15) is 22.8 Å². The number of carbonyl (C=O) groups excluding carboxylic acids is 3. The summed E-state index contributed by atoms with van der Waals surface area (Å²) in [6, 6.07) is 14.3. The van der Waals surface area contributed by atoms with Gasteiger partial charge in [0.1, 0.15) is 6.04 Å². The molecule has 0 radical (unpaired) electrons. The van der Waals surface area contributed by atoms with Gasteiger partial charge in [-0.2, -0.15) is 4.31 Å². The van der Waals surface area contributed by atoms with Crippen LogP contribution in [0.1, 0.15) is 28.8 Å². The van der Waals surface area contributed by atoms with E-state index in [0.717, 1.165) is 22.7 Å².